The Morgan fingerprint density at radius 1 is 1.05 bits per heavy atom. The second kappa shape index (κ2) is 6.29. The fourth-order valence-corrected chi connectivity index (χ4v) is 2.39. The molecule has 0 aliphatic rings. The lowest BCUT2D eigenvalue weighted by molar-refractivity contribution is 0.468. The minimum absolute atomic E-state index is 0.572. The predicted molar refractivity (Wildman–Crippen MR) is 84.9 cm³/mol. The normalized spacial score (nSPS) is 10.7. The molecule has 2 nitrogen and oxygen atoms in total. The zero-order chi connectivity index (χ0) is 14.7. The standard InChI is InChI=1S/C17H20ClNO/c1-11-4-5-12(2)17(13(11)3)20-16-7-6-15(18)10-14(16)8-9-19/h4-7,10H,8-9,19H2,1-3H3. The van der Waals surface area contributed by atoms with E-state index in [1.807, 2.05) is 18.2 Å². The fraction of sp³-hybridized carbons (Fsp3) is 0.294. The van der Waals surface area contributed by atoms with E-state index in [1.54, 1.807) is 0 Å². The fourth-order valence-electron chi connectivity index (χ4n) is 2.19. The van der Waals surface area contributed by atoms with Gasteiger partial charge in [-0.05, 0) is 74.2 Å². The minimum Gasteiger partial charge on any atom is -0.457 e. The highest BCUT2D eigenvalue weighted by Crippen LogP contribution is 2.33. The van der Waals surface area contributed by atoms with E-state index in [-0.39, 0.29) is 0 Å². The summed E-state index contributed by atoms with van der Waals surface area (Å²) >= 11 is 6.05. The van der Waals surface area contributed by atoms with Crippen molar-refractivity contribution in [1.29, 1.82) is 0 Å². The van der Waals surface area contributed by atoms with Gasteiger partial charge < -0.3 is 10.5 Å². The molecule has 0 aliphatic carbocycles. The van der Waals surface area contributed by atoms with Crippen molar-refractivity contribution in [1.82, 2.24) is 0 Å². The molecule has 0 aliphatic heterocycles. The Balaban J connectivity index is 2.42. The van der Waals surface area contributed by atoms with Gasteiger partial charge in [0.05, 0.1) is 0 Å². The summed E-state index contributed by atoms with van der Waals surface area (Å²) in [4.78, 5) is 0. The van der Waals surface area contributed by atoms with Crippen molar-refractivity contribution >= 4 is 11.6 Å². The van der Waals surface area contributed by atoms with Gasteiger partial charge in [0.25, 0.3) is 0 Å². The second-order valence-corrected chi connectivity index (χ2v) is 5.48. The van der Waals surface area contributed by atoms with Crippen LogP contribution in [-0.2, 0) is 6.42 Å². The van der Waals surface area contributed by atoms with Gasteiger partial charge in [0.15, 0.2) is 0 Å². The van der Waals surface area contributed by atoms with Gasteiger partial charge in [0.1, 0.15) is 11.5 Å². The Hall–Kier alpha value is -1.51. The number of rotatable bonds is 4. The maximum Gasteiger partial charge on any atom is 0.133 e. The molecular weight excluding hydrogens is 270 g/mol. The van der Waals surface area contributed by atoms with Crippen LogP contribution in [0.1, 0.15) is 22.3 Å². The maximum atomic E-state index is 6.15. The first-order chi connectivity index (χ1) is 9.52. The minimum atomic E-state index is 0.572. The molecule has 2 N–H and O–H groups in total. The smallest absolute Gasteiger partial charge is 0.133 e. The van der Waals surface area contributed by atoms with E-state index in [0.29, 0.717) is 11.6 Å². The molecular formula is C17H20ClNO. The first-order valence-electron chi connectivity index (χ1n) is 6.76. The Labute approximate surface area is 125 Å². The summed E-state index contributed by atoms with van der Waals surface area (Å²) in [5.41, 5.74) is 10.2. The molecule has 2 aromatic rings. The van der Waals surface area contributed by atoms with Crippen molar-refractivity contribution < 1.29 is 4.74 Å². The van der Waals surface area contributed by atoms with E-state index >= 15 is 0 Å². The number of hydrogen-bond donors (Lipinski definition) is 1. The molecule has 3 heteroatoms. The molecule has 0 radical (unpaired) electrons. The topological polar surface area (TPSA) is 35.2 Å². The lowest BCUT2D eigenvalue weighted by Gasteiger charge is -2.16. The van der Waals surface area contributed by atoms with E-state index in [2.05, 4.69) is 32.9 Å². The van der Waals surface area contributed by atoms with Crippen LogP contribution in [0.15, 0.2) is 30.3 Å². The zero-order valence-electron chi connectivity index (χ0n) is 12.2. The van der Waals surface area contributed by atoms with Gasteiger partial charge in [0.2, 0.25) is 0 Å². The number of ether oxygens (including phenoxy) is 1. The number of hydrogen-bond acceptors (Lipinski definition) is 2. The molecule has 0 bridgehead atoms. The second-order valence-electron chi connectivity index (χ2n) is 5.05. The number of nitrogens with two attached hydrogens (primary N) is 1. The Kier molecular flexibility index (Phi) is 4.69. The summed E-state index contributed by atoms with van der Waals surface area (Å²) in [6, 6.07) is 9.87. The van der Waals surface area contributed by atoms with Crippen LogP contribution in [0.2, 0.25) is 5.02 Å². The lowest BCUT2D eigenvalue weighted by atomic mass is 10.0. The van der Waals surface area contributed by atoms with Crippen LogP contribution in [0, 0.1) is 20.8 Å². The van der Waals surface area contributed by atoms with Crippen molar-refractivity contribution in [3.05, 3.63) is 57.6 Å². The van der Waals surface area contributed by atoms with Crippen molar-refractivity contribution in [2.75, 3.05) is 6.54 Å². The largest absolute Gasteiger partial charge is 0.457 e. The van der Waals surface area contributed by atoms with Crippen molar-refractivity contribution in [2.24, 2.45) is 5.73 Å². The van der Waals surface area contributed by atoms with Gasteiger partial charge >= 0.3 is 0 Å². The van der Waals surface area contributed by atoms with Crippen LogP contribution in [0.4, 0.5) is 0 Å². The van der Waals surface area contributed by atoms with Gasteiger partial charge in [0, 0.05) is 5.02 Å². The lowest BCUT2D eigenvalue weighted by Crippen LogP contribution is -2.04. The summed E-state index contributed by atoms with van der Waals surface area (Å²) in [6.07, 6.45) is 0.750. The SMILES string of the molecule is Cc1ccc(C)c(Oc2ccc(Cl)cc2CCN)c1C. The molecule has 0 saturated carbocycles. The van der Waals surface area contributed by atoms with E-state index in [0.717, 1.165) is 29.0 Å². The van der Waals surface area contributed by atoms with Crippen LogP contribution in [0.3, 0.4) is 0 Å². The zero-order valence-corrected chi connectivity index (χ0v) is 12.9. The molecule has 0 amide bonds. The number of aryl methyl sites for hydroxylation is 2. The van der Waals surface area contributed by atoms with Crippen LogP contribution in [0.5, 0.6) is 11.5 Å². The summed E-state index contributed by atoms with van der Waals surface area (Å²) in [5.74, 6) is 1.75. The number of benzene rings is 2. The molecule has 0 fully saturated rings. The molecule has 0 atom stereocenters. The maximum absolute atomic E-state index is 6.15. The highest BCUT2D eigenvalue weighted by Gasteiger charge is 2.11. The van der Waals surface area contributed by atoms with E-state index in [4.69, 9.17) is 22.1 Å². The average Bonchev–Trinajstić information content (AvgIpc) is 2.42. The van der Waals surface area contributed by atoms with E-state index in [1.165, 1.54) is 11.1 Å². The summed E-state index contributed by atoms with van der Waals surface area (Å²) < 4.78 is 6.15. The Bertz CT molecular complexity index is 623. The first-order valence-corrected chi connectivity index (χ1v) is 7.14. The molecule has 0 aromatic heterocycles. The molecule has 2 rings (SSSR count). The van der Waals surface area contributed by atoms with E-state index < -0.39 is 0 Å². The number of halogens is 1. The van der Waals surface area contributed by atoms with Gasteiger partial charge in [-0.25, -0.2) is 0 Å². The summed E-state index contributed by atoms with van der Waals surface area (Å²) in [7, 11) is 0. The van der Waals surface area contributed by atoms with Crippen molar-refractivity contribution in [2.45, 2.75) is 27.2 Å². The monoisotopic (exact) mass is 289 g/mol. The predicted octanol–water partition coefficient (Wildman–Crippen LogP) is 4.56. The Morgan fingerprint density at radius 2 is 1.75 bits per heavy atom. The molecule has 106 valence electrons. The third-order valence-electron chi connectivity index (χ3n) is 3.52. The third-order valence-corrected chi connectivity index (χ3v) is 3.76. The van der Waals surface area contributed by atoms with Crippen molar-refractivity contribution in [3.63, 3.8) is 0 Å². The molecule has 20 heavy (non-hydrogen) atoms. The molecule has 2 aromatic carbocycles. The van der Waals surface area contributed by atoms with Gasteiger partial charge in [-0.3, -0.25) is 0 Å². The molecule has 0 unspecified atom stereocenters. The van der Waals surface area contributed by atoms with Gasteiger partial charge in [-0.2, -0.15) is 0 Å². The highest BCUT2D eigenvalue weighted by atomic mass is 35.5. The van der Waals surface area contributed by atoms with Crippen molar-refractivity contribution in [3.8, 4) is 11.5 Å². The van der Waals surface area contributed by atoms with Crippen LogP contribution in [-0.4, -0.2) is 6.54 Å². The molecule has 0 heterocycles. The quantitative estimate of drug-likeness (QED) is 0.895. The summed E-state index contributed by atoms with van der Waals surface area (Å²) in [6.45, 7) is 6.79. The van der Waals surface area contributed by atoms with Crippen LogP contribution in [0.25, 0.3) is 0 Å². The Morgan fingerprint density at radius 3 is 2.45 bits per heavy atom. The van der Waals surface area contributed by atoms with Gasteiger partial charge in [-0.1, -0.05) is 23.7 Å². The highest BCUT2D eigenvalue weighted by molar-refractivity contribution is 6.30. The molecule has 0 saturated heterocycles. The summed E-state index contributed by atoms with van der Waals surface area (Å²) in [5, 5.41) is 0.707. The first kappa shape index (κ1) is 14.9. The van der Waals surface area contributed by atoms with E-state index in [9.17, 15) is 0 Å². The molecule has 0 spiro atoms. The average molecular weight is 290 g/mol. The van der Waals surface area contributed by atoms with Gasteiger partial charge in [-0.15, -0.1) is 0 Å². The van der Waals surface area contributed by atoms with Crippen LogP contribution < -0.4 is 10.5 Å². The van der Waals surface area contributed by atoms with Crippen LogP contribution >= 0.6 is 11.6 Å². The third kappa shape index (κ3) is 3.14.